The Bertz CT molecular complexity index is 425. The van der Waals surface area contributed by atoms with Gasteiger partial charge in [-0.25, -0.2) is 8.42 Å². The average molecular weight is 238 g/mol. The summed E-state index contributed by atoms with van der Waals surface area (Å²) in [6, 6.07) is 1.61. The van der Waals surface area contributed by atoms with Crippen LogP contribution in [0.2, 0.25) is 0 Å². The molecule has 0 radical (unpaired) electrons. The van der Waals surface area contributed by atoms with Crippen molar-refractivity contribution in [1.29, 1.82) is 0 Å². The Morgan fingerprint density at radius 2 is 2.38 bits per heavy atom. The minimum atomic E-state index is -3.25. The molecule has 0 fully saturated rings. The summed E-state index contributed by atoms with van der Waals surface area (Å²) in [6.45, 7) is 0.359. The van der Waals surface area contributed by atoms with Crippen molar-refractivity contribution in [3.8, 4) is 0 Å². The first-order valence-corrected chi connectivity index (χ1v) is 6.47. The Morgan fingerprint density at radius 3 is 3.08 bits per heavy atom. The number of alkyl halides is 1. The van der Waals surface area contributed by atoms with E-state index < -0.39 is 10.0 Å². The number of nitrogens with zero attached hydrogens (tertiary/aromatic N) is 1. The van der Waals surface area contributed by atoms with Gasteiger partial charge in [0, 0.05) is 18.5 Å². The molecule has 0 spiro atoms. The summed E-state index contributed by atoms with van der Waals surface area (Å²) in [5.74, 6) is 0. The molecule has 3 nitrogen and oxygen atoms in total. The molecule has 0 saturated carbocycles. The fourth-order valence-electron chi connectivity index (χ4n) is 1.33. The number of hydrogen-bond acceptors (Lipinski definition) is 3. The molecular formula is C7H8ClNO2S2. The summed E-state index contributed by atoms with van der Waals surface area (Å²) in [7, 11) is -1.70. The largest absolute Gasteiger partial charge is 0.244 e. The van der Waals surface area contributed by atoms with Crippen molar-refractivity contribution in [3.63, 3.8) is 0 Å². The maximum absolute atomic E-state index is 11.7. The van der Waals surface area contributed by atoms with Gasteiger partial charge >= 0.3 is 0 Å². The number of sulfonamides is 1. The lowest BCUT2D eigenvalue weighted by molar-refractivity contribution is 0.455. The molecule has 13 heavy (non-hydrogen) atoms. The smallest absolute Gasteiger partial charge is 0.207 e. The molecule has 1 aromatic rings. The van der Waals surface area contributed by atoms with E-state index in [1.165, 1.54) is 15.6 Å². The third-order valence-electron chi connectivity index (χ3n) is 2.05. The van der Waals surface area contributed by atoms with Gasteiger partial charge in [-0.3, -0.25) is 0 Å². The molecule has 0 amide bonds. The number of rotatable bonds is 0. The molecule has 0 aliphatic carbocycles. The molecule has 1 atom stereocenters. The summed E-state index contributed by atoms with van der Waals surface area (Å²) in [5, 5.41) is 1.56. The van der Waals surface area contributed by atoms with Gasteiger partial charge in [0.25, 0.3) is 0 Å². The fourth-order valence-corrected chi connectivity index (χ4v) is 4.57. The van der Waals surface area contributed by atoms with Crippen LogP contribution in [0.15, 0.2) is 16.3 Å². The predicted molar refractivity (Wildman–Crippen MR) is 52.7 cm³/mol. The van der Waals surface area contributed by atoms with Crippen LogP contribution in [0.5, 0.6) is 0 Å². The molecule has 2 rings (SSSR count). The van der Waals surface area contributed by atoms with E-state index >= 15 is 0 Å². The second-order valence-corrected chi connectivity index (χ2v) is 6.39. The highest BCUT2D eigenvalue weighted by atomic mass is 35.5. The number of thiophene rings is 1. The van der Waals surface area contributed by atoms with Crippen LogP contribution < -0.4 is 0 Å². The van der Waals surface area contributed by atoms with Crippen LogP contribution in [0, 0.1) is 0 Å². The highest BCUT2D eigenvalue weighted by Gasteiger charge is 2.34. The van der Waals surface area contributed by atoms with Crippen LogP contribution in [0.1, 0.15) is 10.3 Å². The van der Waals surface area contributed by atoms with Crippen molar-refractivity contribution >= 4 is 33.0 Å². The SMILES string of the molecule is CN1C[C@@H](Cl)c2sccc2S1(=O)=O. The quantitative estimate of drug-likeness (QED) is 0.644. The lowest BCUT2D eigenvalue weighted by Gasteiger charge is -2.25. The molecule has 1 aromatic heterocycles. The molecule has 6 heteroatoms. The Kier molecular flexibility index (Phi) is 2.14. The van der Waals surface area contributed by atoms with Crippen LogP contribution in [0.4, 0.5) is 0 Å². The second-order valence-electron chi connectivity index (χ2n) is 2.90. The zero-order valence-electron chi connectivity index (χ0n) is 6.90. The summed E-state index contributed by atoms with van der Waals surface area (Å²) in [5.41, 5.74) is 0. The van der Waals surface area contributed by atoms with Gasteiger partial charge in [-0.05, 0) is 11.4 Å². The molecule has 1 aliphatic heterocycles. The second kappa shape index (κ2) is 2.95. The van der Waals surface area contributed by atoms with E-state index in [2.05, 4.69) is 0 Å². The lowest BCUT2D eigenvalue weighted by Crippen LogP contribution is -2.34. The zero-order valence-corrected chi connectivity index (χ0v) is 9.29. The first kappa shape index (κ1) is 9.45. The minimum absolute atomic E-state index is 0.205. The Labute approximate surface area is 86.0 Å². The van der Waals surface area contributed by atoms with Gasteiger partial charge in [-0.2, -0.15) is 4.31 Å². The molecule has 0 unspecified atom stereocenters. The predicted octanol–water partition coefficient (Wildman–Crippen LogP) is 1.66. The summed E-state index contributed by atoms with van der Waals surface area (Å²) in [6.07, 6.45) is 0. The number of halogens is 1. The topological polar surface area (TPSA) is 37.4 Å². The number of hydrogen-bond donors (Lipinski definition) is 0. The summed E-state index contributed by atoms with van der Waals surface area (Å²) < 4.78 is 24.7. The van der Waals surface area contributed by atoms with E-state index in [1.54, 1.807) is 18.5 Å². The van der Waals surface area contributed by atoms with Crippen molar-refractivity contribution in [2.24, 2.45) is 0 Å². The highest BCUT2D eigenvalue weighted by Crippen LogP contribution is 2.38. The third-order valence-corrected chi connectivity index (χ3v) is 5.57. The van der Waals surface area contributed by atoms with E-state index in [4.69, 9.17) is 11.6 Å². The van der Waals surface area contributed by atoms with Gasteiger partial charge in [0.05, 0.1) is 10.3 Å². The standard InChI is InChI=1S/C7H8ClNO2S2/c1-9-4-5(8)7-6(2-3-12-7)13(9,10)11/h2-3,5H,4H2,1H3/t5-/m1/s1. The van der Waals surface area contributed by atoms with Gasteiger partial charge in [-0.15, -0.1) is 22.9 Å². The van der Waals surface area contributed by atoms with Gasteiger partial charge in [0.15, 0.2) is 0 Å². The molecule has 72 valence electrons. The lowest BCUT2D eigenvalue weighted by atomic mass is 10.3. The molecule has 0 saturated heterocycles. The maximum atomic E-state index is 11.7. The van der Waals surface area contributed by atoms with Crippen LogP contribution in [-0.4, -0.2) is 26.3 Å². The number of fused-ring (bicyclic) bond motifs is 1. The monoisotopic (exact) mass is 237 g/mol. The van der Waals surface area contributed by atoms with Gasteiger partial charge in [0.2, 0.25) is 10.0 Å². The van der Waals surface area contributed by atoms with Crippen LogP contribution in [0.3, 0.4) is 0 Å². The number of likely N-dealkylation sites (N-methyl/N-ethyl adjacent to an activating group) is 1. The van der Waals surface area contributed by atoms with Crippen molar-refractivity contribution in [3.05, 3.63) is 16.3 Å². The van der Waals surface area contributed by atoms with E-state index in [1.807, 2.05) is 0 Å². The van der Waals surface area contributed by atoms with E-state index in [0.717, 1.165) is 4.88 Å². The van der Waals surface area contributed by atoms with Crippen molar-refractivity contribution in [1.82, 2.24) is 4.31 Å². The van der Waals surface area contributed by atoms with E-state index in [0.29, 0.717) is 11.4 Å². The fraction of sp³-hybridized carbons (Fsp3) is 0.429. The Balaban J connectivity index is 2.66. The average Bonchev–Trinajstić information content (AvgIpc) is 2.49. The van der Waals surface area contributed by atoms with Crippen LogP contribution in [-0.2, 0) is 10.0 Å². The molecule has 1 aliphatic rings. The van der Waals surface area contributed by atoms with Crippen molar-refractivity contribution < 1.29 is 8.42 Å². The van der Waals surface area contributed by atoms with Gasteiger partial charge in [-0.1, -0.05) is 0 Å². The Hall–Kier alpha value is -0.100. The molecule has 2 heterocycles. The normalized spacial score (nSPS) is 27.1. The molecule has 0 N–H and O–H groups in total. The van der Waals surface area contributed by atoms with Crippen molar-refractivity contribution in [2.45, 2.75) is 10.3 Å². The van der Waals surface area contributed by atoms with Gasteiger partial charge in [0.1, 0.15) is 0 Å². The third kappa shape index (κ3) is 1.30. The van der Waals surface area contributed by atoms with Crippen molar-refractivity contribution in [2.75, 3.05) is 13.6 Å². The van der Waals surface area contributed by atoms with Crippen LogP contribution >= 0.6 is 22.9 Å². The summed E-state index contributed by atoms with van der Waals surface area (Å²) >= 11 is 7.42. The van der Waals surface area contributed by atoms with E-state index in [9.17, 15) is 8.42 Å². The first-order valence-electron chi connectivity index (χ1n) is 3.71. The molecule has 0 bridgehead atoms. The first-order chi connectivity index (χ1) is 6.03. The zero-order chi connectivity index (χ0) is 9.64. The van der Waals surface area contributed by atoms with E-state index in [-0.39, 0.29) is 5.38 Å². The minimum Gasteiger partial charge on any atom is -0.207 e. The van der Waals surface area contributed by atoms with Gasteiger partial charge < -0.3 is 0 Å². The highest BCUT2D eigenvalue weighted by molar-refractivity contribution is 7.89. The van der Waals surface area contributed by atoms with Crippen LogP contribution in [0.25, 0.3) is 0 Å². The summed E-state index contributed by atoms with van der Waals surface area (Å²) in [4.78, 5) is 1.13. The molecular weight excluding hydrogens is 230 g/mol. The Morgan fingerprint density at radius 1 is 1.69 bits per heavy atom. The maximum Gasteiger partial charge on any atom is 0.244 e. The molecule has 0 aromatic carbocycles.